The molecule has 1 unspecified atom stereocenters. The molecule has 8 nitrogen and oxygen atoms in total. The summed E-state index contributed by atoms with van der Waals surface area (Å²) >= 11 is 0. The van der Waals surface area contributed by atoms with E-state index in [9.17, 15) is 18.0 Å². The number of nitrogens with zero attached hydrogens (tertiary/aromatic N) is 2. The maximum absolute atomic E-state index is 12.6. The number of ether oxygens (including phenoxy) is 1. The molecular weight excluding hydrogens is 441 g/mol. The van der Waals surface area contributed by atoms with Crippen molar-refractivity contribution in [1.29, 1.82) is 0 Å². The number of H-pyrrole nitrogens is 2. The molecule has 1 atom stereocenters. The summed E-state index contributed by atoms with van der Waals surface area (Å²) in [7, 11) is 0. The molecule has 0 saturated heterocycles. The Labute approximate surface area is 184 Å². The summed E-state index contributed by atoms with van der Waals surface area (Å²) in [4.78, 5) is 29.1. The average Bonchev–Trinajstić information content (AvgIpc) is 3.33. The molecule has 2 aromatic carbocycles. The van der Waals surface area contributed by atoms with Crippen molar-refractivity contribution >= 4 is 16.9 Å². The first-order chi connectivity index (χ1) is 15.7. The predicted molar refractivity (Wildman–Crippen MR) is 112 cm³/mol. The molecule has 3 N–H and O–H groups in total. The van der Waals surface area contributed by atoms with Gasteiger partial charge < -0.3 is 14.8 Å². The van der Waals surface area contributed by atoms with Crippen LogP contribution in [0.3, 0.4) is 0 Å². The highest BCUT2D eigenvalue weighted by molar-refractivity contribution is 5.83. The zero-order chi connectivity index (χ0) is 23.6. The lowest BCUT2D eigenvalue weighted by molar-refractivity contribution is -0.192. The molecule has 33 heavy (non-hydrogen) atoms. The number of aromatic amines is 2. The SMILES string of the molecule is O=C(O)C(F)(F)F.O=c1[nH]c(C2CCc3ccccc3O2)nc2ccc(-c3cn[nH]c3)cc12. The number of carbonyl (C=O) groups is 1. The average molecular weight is 458 g/mol. The Morgan fingerprint density at radius 2 is 1.91 bits per heavy atom. The first kappa shape index (κ1) is 22.1. The number of aryl methyl sites for hydroxylation is 1. The molecule has 0 radical (unpaired) electrons. The molecule has 0 fully saturated rings. The zero-order valence-corrected chi connectivity index (χ0v) is 16.9. The van der Waals surface area contributed by atoms with Crippen LogP contribution in [0.25, 0.3) is 22.0 Å². The maximum atomic E-state index is 12.6. The topological polar surface area (TPSA) is 121 Å². The van der Waals surface area contributed by atoms with Crippen molar-refractivity contribution in [3.63, 3.8) is 0 Å². The summed E-state index contributed by atoms with van der Waals surface area (Å²) in [5, 5.41) is 14.4. The van der Waals surface area contributed by atoms with Crippen LogP contribution in [0.4, 0.5) is 13.2 Å². The van der Waals surface area contributed by atoms with Gasteiger partial charge in [0.05, 0.1) is 17.1 Å². The van der Waals surface area contributed by atoms with Crippen LogP contribution in [0.15, 0.2) is 59.7 Å². The van der Waals surface area contributed by atoms with Crippen molar-refractivity contribution in [1.82, 2.24) is 20.2 Å². The quantitative estimate of drug-likeness (QED) is 0.417. The Morgan fingerprint density at radius 1 is 1.15 bits per heavy atom. The van der Waals surface area contributed by atoms with Gasteiger partial charge >= 0.3 is 12.1 Å². The fraction of sp³-hybridized carbons (Fsp3) is 0.182. The number of carboxylic acids is 1. The molecule has 11 heteroatoms. The molecular formula is C22H17F3N4O4. The van der Waals surface area contributed by atoms with Gasteiger partial charge in [0.1, 0.15) is 5.75 Å². The summed E-state index contributed by atoms with van der Waals surface area (Å²) in [5.41, 5.74) is 3.56. The highest BCUT2D eigenvalue weighted by atomic mass is 19.4. The van der Waals surface area contributed by atoms with Gasteiger partial charge in [0.2, 0.25) is 0 Å². The zero-order valence-electron chi connectivity index (χ0n) is 16.9. The third-order valence-corrected chi connectivity index (χ3v) is 5.02. The number of aromatic nitrogens is 4. The highest BCUT2D eigenvalue weighted by Crippen LogP contribution is 2.33. The van der Waals surface area contributed by atoms with Crippen LogP contribution >= 0.6 is 0 Å². The predicted octanol–water partition coefficient (Wildman–Crippen LogP) is 4.01. The number of carboxylic acid groups (broad SMARTS) is 1. The molecule has 3 heterocycles. The van der Waals surface area contributed by atoms with Crippen molar-refractivity contribution in [2.75, 3.05) is 0 Å². The first-order valence-corrected chi connectivity index (χ1v) is 9.80. The van der Waals surface area contributed by atoms with E-state index < -0.39 is 12.1 Å². The van der Waals surface area contributed by atoms with Crippen LogP contribution in [0.2, 0.25) is 0 Å². The number of fused-ring (bicyclic) bond motifs is 2. The molecule has 1 aliphatic rings. The Morgan fingerprint density at radius 3 is 2.61 bits per heavy atom. The summed E-state index contributed by atoms with van der Waals surface area (Å²) in [5.74, 6) is -1.32. The number of para-hydroxylation sites is 1. The van der Waals surface area contributed by atoms with Gasteiger partial charge in [0, 0.05) is 11.8 Å². The standard InChI is InChI=1S/C20H16N4O2.C2HF3O2/c25-20-15-9-13(14-10-21-22-11-14)5-7-16(15)23-19(24-20)18-8-6-12-3-1-2-4-17(12)26-18;3-2(4,5)1(6)7/h1-5,7,9-11,18H,6,8H2,(H,21,22)(H,23,24,25);(H,6,7). The van der Waals surface area contributed by atoms with E-state index in [-0.39, 0.29) is 11.7 Å². The largest absolute Gasteiger partial charge is 0.490 e. The van der Waals surface area contributed by atoms with E-state index >= 15 is 0 Å². The van der Waals surface area contributed by atoms with Crippen LogP contribution < -0.4 is 10.3 Å². The lowest BCUT2D eigenvalue weighted by Crippen LogP contribution is -2.21. The molecule has 0 amide bonds. The molecule has 0 spiro atoms. The number of halogens is 3. The fourth-order valence-electron chi connectivity index (χ4n) is 3.41. The minimum Gasteiger partial charge on any atom is -0.482 e. The van der Waals surface area contributed by atoms with E-state index in [0.29, 0.717) is 16.7 Å². The van der Waals surface area contributed by atoms with Gasteiger partial charge in [-0.1, -0.05) is 24.3 Å². The van der Waals surface area contributed by atoms with Crippen molar-refractivity contribution in [2.45, 2.75) is 25.1 Å². The normalized spacial score (nSPS) is 15.2. The first-order valence-electron chi connectivity index (χ1n) is 9.80. The van der Waals surface area contributed by atoms with Crippen molar-refractivity contribution in [3.05, 3.63) is 76.6 Å². The minimum atomic E-state index is -5.08. The van der Waals surface area contributed by atoms with E-state index in [1.165, 1.54) is 5.56 Å². The Bertz CT molecular complexity index is 1350. The number of alkyl halides is 3. The molecule has 5 rings (SSSR count). The maximum Gasteiger partial charge on any atom is 0.490 e. The smallest absolute Gasteiger partial charge is 0.482 e. The van der Waals surface area contributed by atoms with E-state index in [4.69, 9.17) is 14.6 Å². The fourth-order valence-corrected chi connectivity index (χ4v) is 3.41. The van der Waals surface area contributed by atoms with Crippen LogP contribution in [-0.4, -0.2) is 37.4 Å². The van der Waals surface area contributed by atoms with E-state index in [2.05, 4.69) is 26.2 Å². The number of benzene rings is 2. The van der Waals surface area contributed by atoms with E-state index in [1.807, 2.05) is 36.4 Å². The van der Waals surface area contributed by atoms with Crippen molar-refractivity contribution < 1.29 is 27.8 Å². The summed E-state index contributed by atoms with van der Waals surface area (Å²) in [6.07, 6.45) is -0.106. The second-order valence-electron chi connectivity index (χ2n) is 7.23. The summed E-state index contributed by atoms with van der Waals surface area (Å²) in [6, 6.07) is 13.6. The van der Waals surface area contributed by atoms with Gasteiger partial charge in [-0.25, -0.2) is 9.78 Å². The second-order valence-corrected chi connectivity index (χ2v) is 7.23. The monoisotopic (exact) mass is 458 g/mol. The molecule has 4 aromatic rings. The lowest BCUT2D eigenvalue weighted by atomic mass is 10.0. The molecule has 0 aliphatic carbocycles. The Balaban J connectivity index is 0.000000325. The third-order valence-electron chi connectivity index (χ3n) is 5.02. The number of nitrogens with one attached hydrogen (secondary N) is 2. The van der Waals surface area contributed by atoms with Crippen molar-refractivity contribution in [2.24, 2.45) is 0 Å². The van der Waals surface area contributed by atoms with Crippen molar-refractivity contribution in [3.8, 4) is 16.9 Å². The van der Waals surface area contributed by atoms with Gasteiger partial charge in [-0.15, -0.1) is 0 Å². The van der Waals surface area contributed by atoms with Gasteiger partial charge in [-0.05, 0) is 42.2 Å². The van der Waals surface area contributed by atoms with Gasteiger partial charge in [-0.3, -0.25) is 9.89 Å². The molecule has 0 bridgehead atoms. The lowest BCUT2D eigenvalue weighted by Gasteiger charge is -2.25. The summed E-state index contributed by atoms with van der Waals surface area (Å²) in [6.45, 7) is 0. The van der Waals surface area contributed by atoms with Crippen LogP contribution in [0.5, 0.6) is 5.75 Å². The third kappa shape index (κ3) is 4.86. The number of hydrogen-bond acceptors (Lipinski definition) is 5. The minimum absolute atomic E-state index is 0.155. The van der Waals surface area contributed by atoms with Gasteiger partial charge in [-0.2, -0.15) is 18.3 Å². The summed E-state index contributed by atoms with van der Waals surface area (Å²) < 4.78 is 37.8. The molecule has 0 saturated carbocycles. The van der Waals surface area contributed by atoms with Gasteiger partial charge in [0.15, 0.2) is 11.9 Å². The number of rotatable bonds is 2. The Hall–Kier alpha value is -4.15. The van der Waals surface area contributed by atoms with Crippen LogP contribution in [0, 0.1) is 0 Å². The number of aliphatic carboxylic acids is 1. The van der Waals surface area contributed by atoms with Gasteiger partial charge in [0.25, 0.3) is 5.56 Å². The number of hydrogen-bond donors (Lipinski definition) is 3. The van der Waals surface area contributed by atoms with Crippen LogP contribution in [0.1, 0.15) is 23.9 Å². The second kappa shape index (κ2) is 8.77. The highest BCUT2D eigenvalue weighted by Gasteiger charge is 2.38. The van der Waals surface area contributed by atoms with E-state index in [0.717, 1.165) is 29.7 Å². The molecule has 170 valence electrons. The van der Waals surface area contributed by atoms with E-state index in [1.54, 1.807) is 12.4 Å². The van der Waals surface area contributed by atoms with Crippen LogP contribution in [-0.2, 0) is 11.2 Å². The Kier molecular flexibility index (Phi) is 5.86. The molecule has 1 aliphatic heterocycles. The molecule has 2 aromatic heterocycles.